The summed E-state index contributed by atoms with van der Waals surface area (Å²) in [5, 5.41) is 2.52. The van der Waals surface area contributed by atoms with Gasteiger partial charge in [-0.2, -0.15) is 0 Å². The van der Waals surface area contributed by atoms with E-state index in [1.807, 2.05) is 42.2 Å². The number of hydrogen-bond acceptors (Lipinski definition) is 5. The number of carbonyl (C=O) groups is 2. The molecule has 4 rings (SSSR count). The Morgan fingerprint density at radius 1 is 1.36 bits per heavy atom. The minimum atomic E-state index is -0.435. The van der Waals surface area contributed by atoms with Crippen molar-refractivity contribution in [3.63, 3.8) is 0 Å². The van der Waals surface area contributed by atoms with Gasteiger partial charge >= 0.3 is 0 Å². The fourth-order valence-corrected chi connectivity index (χ4v) is 4.79. The standard InChI is InChI=1S/C20H24N4O2S.ClH/c1-13-19(25)23-9-5-8-15(23)11-24(13)20(26)17-12-27-18(22-17)16(21)10-14-6-3-2-4-7-14;/h2-4,6-7,12-13,15-16H,5,8-11,21H2,1H3;1H/t13-,15+,16-;/m0./s1. The quantitative estimate of drug-likeness (QED) is 0.824. The molecule has 2 fully saturated rings. The molecule has 2 aliphatic heterocycles. The van der Waals surface area contributed by atoms with Crippen LogP contribution in [0.1, 0.15) is 46.9 Å². The third-order valence-electron chi connectivity index (χ3n) is 5.51. The zero-order valence-electron chi connectivity index (χ0n) is 15.8. The molecule has 150 valence electrons. The van der Waals surface area contributed by atoms with Gasteiger partial charge in [0.2, 0.25) is 5.91 Å². The molecule has 0 radical (unpaired) electrons. The van der Waals surface area contributed by atoms with Crippen LogP contribution in [0.15, 0.2) is 35.7 Å². The first kappa shape index (κ1) is 20.8. The van der Waals surface area contributed by atoms with Gasteiger partial charge in [-0.05, 0) is 31.7 Å². The molecular formula is C20H25ClN4O2S. The Hall–Kier alpha value is -1.96. The molecule has 0 bridgehead atoms. The summed E-state index contributed by atoms with van der Waals surface area (Å²) in [5.74, 6) is -0.120. The van der Waals surface area contributed by atoms with Crippen molar-refractivity contribution < 1.29 is 9.59 Å². The third kappa shape index (κ3) is 3.92. The number of nitrogens with zero attached hydrogens (tertiary/aromatic N) is 3. The SMILES string of the molecule is C[C@H]1C(=O)N2CCC[C@@H]2CN1C(=O)c1csc([C@@H](N)Cc2ccccc2)n1.Cl. The minimum absolute atomic E-state index is 0. The van der Waals surface area contributed by atoms with E-state index < -0.39 is 6.04 Å². The summed E-state index contributed by atoms with van der Waals surface area (Å²) >= 11 is 1.41. The van der Waals surface area contributed by atoms with Crippen molar-refractivity contribution >= 4 is 35.6 Å². The Morgan fingerprint density at radius 2 is 2.11 bits per heavy atom. The van der Waals surface area contributed by atoms with Crippen molar-refractivity contribution in [2.24, 2.45) is 5.73 Å². The summed E-state index contributed by atoms with van der Waals surface area (Å²) in [7, 11) is 0. The molecule has 2 saturated heterocycles. The van der Waals surface area contributed by atoms with Crippen LogP contribution in [0.3, 0.4) is 0 Å². The van der Waals surface area contributed by atoms with E-state index in [2.05, 4.69) is 4.98 Å². The lowest BCUT2D eigenvalue weighted by Gasteiger charge is -2.41. The number of carbonyl (C=O) groups excluding carboxylic acids is 2. The molecule has 0 spiro atoms. The summed E-state index contributed by atoms with van der Waals surface area (Å²) in [6.07, 6.45) is 2.66. The second kappa shape index (κ2) is 8.59. The summed E-state index contributed by atoms with van der Waals surface area (Å²) in [4.78, 5) is 33.7. The molecule has 2 amide bonds. The van der Waals surface area contributed by atoms with Crippen LogP contribution < -0.4 is 5.73 Å². The summed E-state index contributed by atoms with van der Waals surface area (Å²) < 4.78 is 0. The van der Waals surface area contributed by atoms with E-state index in [0.29, 0.717) is 18.7 Å². The number of fused-ring (bicyclic) bond motifs is 1. The van der Waals surface area contributed by atoms with Gasteiger partial charge in [-0.15, -0.1) is 23.7 Å². The molecule has 3 heterocycles. The average molecular weight is 421 g/mol. The molecule has 0 unspecified atom stereocenters. The normalized spacial score (nSPS) is 22.6. The van der Waals surface area contributed by atoms with Gasteiger partial charge in [-0.3, -0.25) is 9.59 Å². The number of hydrogen-bond donors (Lipinski definition) is 1. The van der Waals surface area contributed by atoms with E-state index in [-0.39, 0.29) is 36.3 Å². The van der Waals surface area contributed by atoms with Crippen LogP contribution in [0.25, 0.3) is 0 Å². The van der Waals surface area contributed by atoms with Crippen molar-refractivity contribution in [1.82, 2.24) is 14.8 Å². The van der Waals surface area contributed by atoms with Gasteiger partial charge in [0.1, 0.15) is 16.7 Å². The molecule has 1 aromatic heterocycles. The molecule has 2 aliphatic rings. The van der Waals surface area contributed by atoms with Crippen LogP contribution in [-0.2, 0) is 11.2 Å². The highest BCUT2D eigenvalue weighted by atomic mass is 35.5. The zero-order valence-corrected chi connectivity index (χ0v) is 17.4. The Balaban J connectivity index is 0.00000225. The fourth-order valence-electron chi connectivity index (χ4n) is 3.99. The number of amides is 2. The average Bonchev–Trinajstić information content (AvgIpc) is 3.34. The molecular weight excluding hydrogens is 396 g/mol. The smallest absolute Gasteiger partial charge is 0.274 e. The van der Waals surface area contributed by atoms with Crippen LogP contribution in [0.2, 0.25) is 0 Å². The van der Waals surface area contributed by atoms with Gasteiger partial charge in [0.15, 0.2) is 0 Å². The lowest BCUT2D eigenvalue weighted by molar-refractivity contribution is -0.141. The topological polar surface area (TPSA) is 79.5 Å². The number of halogens is 1. The molecule has 2 N–H and O–H groups in total. The molecule has 8 heteroatoms. The van der Waals surface area contributed by atoms with Crippen LogP contribution in [0.4, 0.5) is 0 Å². The Kier molecular flexibility index (Phi) is 6.37. The maximum Gasteiger partial charge on any atom is 0.274 e. The molecule has 28 heavy (non-hydrogen) atoms. The van der Waals surface area contributed by atoms with Gasteiger partial charge in [-0.1, -0.05) is 30.3 Å². The van der Waals surface area contributed by atoms with Crippen molar-refractivity contribution in [2.45, 2.75) is 44.3 Å². The molecule has 1 aromatic carbocycles. The maximum absolute atomic E-state index is 13.0. The van der Waals surface area contributed by atoms with Crippen LogP contribution in [-0.4, -0.2) is 51.8 Å². The maximum atomic E-state index is 13.0. The summed E-state index contributed by atoms with van der Waals surface area (Å²) in [5.41, 5.74) is 7.84. The van der Waals surface area contributed by atoms with Crippen molar-refractivity contribution in [3.8, 4) is 0 Å². The van der Waals surface area contributed by atoms with Crippen molar-refractivity contribution in [1.29, 1.82) is 0 Å². The van der Waals surface area contributed by atoms with E-state index in [1.54, 1.807) is 10.3 Å². The minimum Gasteiger partial charge on any atom is -0.336 e. The highest BCUT2D eigenvalue weighted by Crippen LogP contribution is 2.28. The molecule has 0 aliphatic carbocycles. The largest absolute Gasteiger partial charge is 0.336 e. The van der Waals surface area contributed by atoms with Gasteiger partial charge in [0, 0.05) is 24.5 Å². The van der Waals surface area contributed by atoms with E-state index in [4.69, 9.17) is 5.73 Å². The van der Waals surface area contributed by atoms with E-state index in [0.717, 1.165) is 30.0 Å². The van der Waals surface area contributed by atoms with Gasteiger partial charge in [-0.25, -0.2) is 4.98 Å². The van der Waals surface area contributed by atoms with Crippen LogP contribution in [0.5, 0.6) is 0 Å². The highest BCUT2D eigenvalue weighted by Gasteiger charge is 2.42. The Labute approximate surface area is 175 Å². The van der Waals surface area contributed by atoms with E-state index in [9.17, 15) is 9.59 Å². The first-order chi connectivity index (χ1) is 13.0. The van der Waals surface area contributed by atoms with Gasteiger partial charge in [0.05, 0.1) is 6.04 Å². The van der Waals surface area contributed by atoms with E-state index >= 15 is 0 Å². The molecule has 0 saturated carbocycles. The number of benzene rings is 1. The van der Waals surface area contributed by atoms with Crippen molar-refractivity contribution in [2.75, 3.05) is 13.1 Å². The van der Waals surface area contributed by atoms with E-state index in [1.165, 1.54) is 11.3 Å². The predicted octanol–water partition coefficient (Wildman–Crippen LogP) is 2.64. The molecule has 6 nitrogen and oxygen atoms in total. The lowest BCUT2D eigenvalue weighted by atomic mass is 10.1. The summed E-state index contributed by atoms with van der Waals surface area (Å²) in [6.45, 7) is 3.21. The van der Waals surface area contributed by atoms with Crippen LogP contribution in [0, 0.1) is 0 Å². The van der Waals surface area contributed by atoms with Crippen LogP contribution >= 0.6 is 23.7 Å². The Morgan fingerprint density at radius 3 is 2.86 bits per heavy atom. The second-order valence-electron chi connectivity index (χ2n) is 7.33. The third-order valence-corrected chi connectivity index (χ3v) is 6.49. The second-order valence-corrected chi connectivity index (χ2v) is 8.22. The monoisotopic (exact) mass is 420 g/mol. The van der Waals surface area contributed by atoms with Crippen molar-refractivity contribution in [3.05, 3.63) is 52.0 Å². The number of rotatable bonds is 4. The lowest BCUT2D eigenvalue weighted by Crippen LogP contribution is -2.60. The number of piperazine rings is 1. The molecule has 2 aromatic rings. The fraction of sp³-hybridized carbons (Fsp3) is 0.450. The zero-order chi connectivity index (χ0) is 19.0. The summed E-state index contributed by atoms with van der Waals surface area (Å²) in [6, 6.07) is 9.49. The number of nitrogens with two attached hydrogens (primary N) is 1. The van der Waals surface area contributed by atoms with Gasteiger partial charge < -0.3 is 15.5 Å². The number of aromatic nitrogens is 1. The number of thiazole rings is 1. The first-order valence-corrected chi connectivity index (χ1v) is 10.3. The highest BCUT2D eigenvalue weighted by molar-refractivity contribution is 7.09. The predicted molar refractivity (Wildman–Crippen MR) is 112 cm³/mol. The van der Waals surface area contributed by atoms with Gasteiger partial charge in [0.25, 0.3) is 5.91 Å². The Bertz CT molecular complexity index is 844. The molecule has 3 atom stereocenters. The first-order valence-electron chi connectivity index (χ1n) is 9.41.